The Morgan fingerprint density at radius 1 is 1.27 bits per heavy atom. The van der Waals surface area contributed by atoms with E-state index in [2.05, 4.69) is 10.3 Å². The van der Waals surface area contributed by atoms with Gasteiger partial charge in [-0.15, -0.1) is 0 Å². The number of pyridine rings is 1. The van der Waals surface area contributed by atoms with Crippen LogP contribution in [0.15, 0.2) is 18.3 Å². The number of carbonyl (C=O) groups is 1. The number of aryl methyl sites for hydroxylation is 1. The van der Waals surface area contributed by atoms with Gasteiger partial charge in [0.15, 0.2) is 0 Å². The lowest BCUT2D eigenvalue weighted by atomic mass is 9.87. The average Bonchev–Trinajstić information content (AvgIpc) is 2.62. The van der Waals surface area contributed by atoms with Gasteiger partial charge < -0.3 is 25.7 Å². The van der Waals surface area contributed by atoms with Gasteiger partial charge in [0.25, 0.3) is 0 Å². The maximum atomic E-state index is 12.9. The lowest BCUT2D eigenvalue weighted by molar-refractivity contribution is -0.178. The first kappa shape index (κ1) is 20.7. The molecule has 2 heterocycles. The number of halogens is 1. The number of aliphatic hydroxyl groups is 4. The van der Waals surface area contributed by atoms with E-state index in [1.165, 1.54) is 17.2 Å². The van der Waals surface area contributed by atoms with Crippen molar-refractivity contribution < 1.29 is 29.6 Å². The van der Waals surface area contributed by atoms with E-state index >= 15 is 0 Å². The third-order valence-corrected chi connectivity index (χ3v) is 4.68. The fraction of sp³-hybridized carbons (Fsp3) is 0.647. The lowest BCUT2D eigenvalue weighted by Crippen LogP contribution is -2.70. The molecule has 1 amide bonds. The van der Waals surface area contributed by atoms with E-state index in [9.17, 15) is 29.6 Å². The summed E-state index contributed by atoms with van der Waals surface area (Å²) in [6, 6.07) is 0.898. The molecule has 26 heavy (non-hydrogen) atoms. The second-order valence-electron chi connectivity index (χ2n) is 6.39. The molecule has 0 bridgehead atoms. The topological polar surface area (TPSA) is 126 Å². The van der Waals surface area contributed by atoms with Gasteiger partial charge >= 0.3 is 0 Å². The van der Waals surface area contributed by atoms with Gasteiger partial charge in [-0.3, -0.25) is 9.69 Å². The second kappa shape index (κ2) is 9.33. The van der Waals surface area contributed by atoms with Crippen molar-refractivity contribution in [2.24, 2.45) is 0 Å². The summed E-state index contributed by atoms with van der Waals surface area (Å²) in [5, 5.41) is 42.7. The average molecular weight is 371 g/mol. The van der Waals surface area contributed by atoms with Crippen molar-refractivity contribution in [2.45, 2.75) is 50.2 Å². The summed E-state index contributed by atoms with van der Waals surface area (Å²) in [5.41, 5.74) is 0.805. The molecule has 0 aliphatic carbocycles. The zero-order valence-electron chi connectivity index (χ0n) is 14.6. The maximum Gasteiger partial charge on any atom is 0.240 e. The van der Waals surface area contributed by atoms with Crippen LogP contribution in [0.1, 0.15) is 18.9 Å². The first-order valence-electron chi connectivity index (χ1n) is 8.69. The van der Waals surface area contributed by atoms with Crippen molar-refractivity contribution >= 4 is 5.91 Å². The van der Waals surface area contributed by atoms with Crippen LogP contribution in [0.3, 0.4) is 0 Å². The van der Waals surface area contributed by atoms with Crippen LogP contribution in [0, 0.1) is 5.95 Å². The molecule has 2 rings (SSSR count). The summed E-state index contributed by atoms with van der Waals surface area (Å²) < 4.78 is 12.9. The number of likely N-dealkylation sites (tertiary alicyclic amines) is 1. The molecule has 1 aliphatic rings. The molecule has 1 fully saturated rings. The highest BCUT2D eigenvalue weighted by molar-refractivity contribution is 5.82. The first-order chi connectivity index (χ1) is 12.4. The predicted octanol–water partition coefficient (Wildman–Crippen LogP) is -1.58. The minimum atomic E-state index is -1.53. The molecule has 5 N–H and O–H groups in total. The molecule has 0 radical (unpaired) electrons. The number of hydrogen-bond donors (Lipinski definition) is 5. The third-order valence-electron chi connectivity index (χ3n) is 4.68. The van der Waals surface area contributed by atoms with Gasteiger partial charge in [0.1, 0.15) is 24.4 Å². The number of carbonyl (C=O) groups excluding carboxylic acids is 1. The van der Waals surface area contributed by atoms with Crippen molar-refractivity contribution in [1.82, 2.24) is 15.2 Å². The molecule has 0 saturated carbocycles. The quantitative estimate of drug-likeness (QED) is 0.366. The van der Waals surface area contributed by atoms with Crippen LogP contribution in [0.2, 0.25) is 0 Å². The molecule has 0 spiro atoms. The van der Waals surface area contributed by atoms with Crippen LogP contribution < -0.4 is 5.32 Å². The van der Waals surface area contributed by atoms with E-state index in [0.29, 0.717) is 19.4 Å². The lowest BCUT2D eigenvalue weighted by Gasteiger charge is -2.47. The molecular weight excluding hydrogens is 345 g/mol. The van der Waals surface area contributed by atoms with Gasteiger partial charge in [-0.05, 0) is 37.9 Å². The first-order valence-corrected chi connectivity index (χ1v) is 8.69. The van der Waals surface area contributed by atoms with Gasteiger partial charge in [0.05, 0.1) is 12.6 Å². The van der Waals surface area contributed by atoms with E-state index in [4.69, 9.17) is 0 Å². The number of likely N-dealkylation sites (N-methyl/N-ethyl adjacent to an activating group) is 1. The van der Waals surface area contributed by atoms with Gasteiger partial charge in [-0.1, -0.05) is 6.07 Å². The van der Waals surface area contributed by atoms with E-state index in [-0.39, 0.29) is 6.54 Å². The second-order valence-corrected chi connectivity index (χ2v) is 6.39. The predicted molar refractivity (Wildman–Crippen MR) is 90.6 cm³/mol. The molecule has 1 saturated heterocycles. The summed E-state index contributed by atoms with van der Waals surface area (Å²) in [7, 11) is 0. The fourth-order valence-electron chi connectivity index (χ4n) is 3.34. The Bertz CT molecular complexity index is 588. The number of amides is 1. The number of aromatic nitrogens is 1. The molecule has 9 heteroatoms. The Balaban J connectivity index is 2.12. The van der Waals surface area contributed by atoms with Crippen molar-refractivity contribution in [3.8, 4) is 0 Å². The summed E-state index contributed by atoms with van der Waals surface area (Å²) >= 11 is 0. The Morgan fingerprint density at radius 3 is 2.58 bits per heavy atom. The molecule has 146 valence electrons. The number of rotatable bonds is 7. The standard InChI is InChI=1S/C17H26FN3O5/c1-2-19-17(26)13-15(24)16(25)14(23)11(9-22)21(13)7-3-4-10-5-6-12(18)20-8-10/h5-6,8,11,13-16,22-25H,2-4,7,9H2,1H3,(H,19,26)/t11-,13+,14-,15-,16+/m1/s1. The number of nitrogens with one attached hydrogen (secondary N) is 1. The third kappa shape index (κ3) is 4.54. The van der Waals surface area contributed by atoms with E-state index < -0.39 is 48.9 Å². The smallest absolute Gasteiger partial charge is 0.240 e. The molecule has 5 atom stereocenters. The summed E-state index contributed by atoms with van der Waals surface area (Å²) in [6.07, 6.45) is -1.91. The normalized spacial score (nSPS) is 29.5. The van der Waals surface area contributed by atoms with E-state index in [1.807, 2.05) is 0 Å². The van der Waals surface area contributed by atoms with Crippen molar-refractivity contribution in [2.75, 3.05) is 19.7 Å². The molecular formula is C17H26FN3O5. The van der Waals surface area contributed by atoms with Gasteiger partial charge in [0.2, 0.25) is 11.9 Å². The monoisotopic (exact) mass is 371 g/mol. The molecule has 1 aliphatic heterocycles. The van der Waals surface area contributed by atoms with Crippen molar-refractivity contribution in [3.05, 3.63) is 29.8 Å². The van der Waals surface area contributed by atoms with Gasteiger partial charge in [0, 0.05) is 12.7 Å². The summed E-state index contributed by atoms with van der Waals surface area (Å²) in [4.78, 5) is 17.5. The van der Waals surface area contributed by atoms with Gasteiger partial charge in [-0.2, -0.15) is 4.39 Å². The molecule has 1 aromatic heterocycles. The van der Waals surface area contributed by atoms with E-state index in [0.717, 1.165) is 5.56 Å². The number of piperidine rings is 1. The summed E-state index contributed by atoms with van der Waals surface area (Å²) in [6.45, 7) is 1.89. The maximum absolute atomic E-state index is 12.9. The van der Waals surface area contributed by atoms with Crippen LogP contribution in [0.25, 0.3) is 0 Å². The Labute approximate surface area is 151 Å². The number of hydrogen-bond acceptors (Lipinski definition) is 7. The highest BCUT2D eigenvalue weighted by Gasteiger charge is 2.49. The fourth-order valence-corrected chi connectivity index (χ4v) is 3.34. The number of nitrogens with zero attached hydrogens (tertiary/aromatic N) is 2. The Kier molecular flexibility index (Phi) is 7.42. The largest absolute Gasteiger partial charge is 0.395 e. The van der Waals surface area contributed by atoms with Crippen LogP contribution in [-0.2, 0) is 11.2 Å². The van der Waals surface area contributed by atoms with Crippen molar-refractivity contribution in [3.63, 3.8) is 0 Å². The Morgan fingerprint density at radius 2 is 2.00 bits per heavy atom. The minimum absolute atomic E-state index is 0.283. The van der Waals surface area contributed by atoms with Gasteiger partial charge in [-0.25, -0.2) is 4.98 Å². The zero-order valence-corrected chi connectivity index (χ0v) is 14.6. The highest BCUT2D eigenvalue weighted by Crippen LogP contribution is 2.25. The van der Waals surface area contributed by atoms with Crippen LogP contribution in [0.5, 0.6) is 0 Å². The number of aliphatic hydroxyl groups excluding tert-OH is 4. The summed E-state index contributed by atoms with van der Waals surface area (Å²) in [5.74, 6) is -1.05. The van der Waals surface area contributed by atoms with E-state index in [1.54, 1.807) is 13.0 Å². The van der Waals surface area contributed by atoms with Crippen LogP contribution in [-0.4, -0.2) is 86.3 Å². The molecule has 0 unspecified atom stereocenters. The Hall–Kier alpha value is -1.65. The minimum Gasteiger partial charge on any atom is -0.395 e. The zero-order chi connectivity index (χ0) is 19.3. The SMILES string of the molecule is CCNC(=O)[C@@H]1[C@@H](O)[C@@H](O)[C@H](O)[C@@H](CO)N1CCCc1ccc(F)nc1. The molecule has 1 aromatic rings. The van der Waals surface area contributed by atoms with Crippen molar-refractivity contribution in [1.29, 1.82) is 0 Å². The molecule has 0 aromatic carbocycles. The van der Waals surface area contributed by atoms with Crippen LogP contribution in [0.4, 0.5) is 4.39 Å². The molecule has 8 nitrogen and oxygen atoms in total. The van der Waals surface area contributed by atoms with Crippen LogP contribution >= 0.6 is 0 Å². The highest BCUT2D eigenvalue weighted by atomic mass is 19.1.